The van der Waals surface area contributed by atoms with E-state index in [0.717, 1.165) is 0 Å². The van der Waals surface area contributed by atoms with Gasteiger partial charge in [0, 0.05) is 11.1 Å². The second-order valence-electron chi connectivity index (χ2n) is 5.65. The molecule has 0 aromatic heterocycles. The first kappa shape index (κ1) is 22.6. The van der Waals surface area contributed by atoms with E-state index >= 15 is 0 Å². The molecule has 0 aliphatic rings. The smallest absolute Gasteiger partial charge is 0.459 e. The third-order valence-electron chi connectivity index (χ3n) is 3.16. The Labute approximate surface area is 165 Å². The fourth-order valence-electron chi connectivity index (χ4n) is 1.78. The molecule has 0 aliphatic carbocycles. The third-order valence-corrected chi connectivity index (χ3v) is 3.16. The van der Waals surface area contributed by atoms with E-state index in [4.69, 9.17) is 18.9 Å². The van der Waals surface area contributed by atoms with E-state index in [2.05, 4.69) is 13.2 Å². The van der Waals surface area contributed by atoms with Crippen LogP contribution in [0.25, 0.3) is 0 Å². The minimum absolute atomic E-state index is 0. The number of hydrogen-bond donors (Lipinski definition) is 0. The Bertz CT molecular complexity index is 724. The van der Waals surface area contributed by atoms with Crippen molar-refractivity contribution in [3.8, 4) is 0 Å². The summed E-state index contributed by atoms with van der Waals surface area (Å²) in [4.78, 5) is 46.8. The monoisotopic (exact) mass is 392 g/mol. The second kappa shape index (κ2) is 11.3. The highest BCUT2D eigenvalue weighted by molar-refractivity contribution is 6.03. The van der Waals surface area contributed by atoms with Crippen LogP contribution in [0.3, 0.4) is 0 Å². The van der Waals surface area contributed by atoms with Crippen LogP contribution < -0.4 is 0 Å². The summed E-state index contributed by atoms with van der Waals surface area (Å²) in [7, 11) is 0. The van der Waals surface area contributed by atoms with Gasteiger partial charge in [-0.3, -0.25) is 0 Å². The normalized spacial score (nSPS) is 9.79. The van der Waals surface area contributed by atoms with Gasteiger partial charge in [-0.2, -0.15) is 0 Å². The summed E-state index contributed by atoms with van der Waals surface area (Å²) in [5, 5.41) is 0. The van der Waals surface area contributed by atoms with Gasteiger partial charge in [-0.05, 0) is 26.0 Å². The maximum absolute atomic E-state index is 12.2. The van der Waals surface area contributed by atoms with Gasteiger partial charge >= 0.3 is 26.7 Å². The lowest BCUT2D eigenvalue weighted by molar-refractivity contribution is -0.140. The van der Waals surface area contributed by atoms with Gasteiger partial charge in [-0.25, -0.2) is 19.2 Å². The van der Waals surface area contributed by atoms with Gasteiger partial charge in [0.2, 0.25) is 0 Å². The van der Waals surface area contributed by atoms with Crippen molar-refractivity contribution in [3.05, 3.63) is 59.7 Å². The Morgan fingerprint density at radius 1 is 0.714 bits per heavy atom. The molecule has 0 bridgehead atoms. The Morgan fingerprint density at radius 3 is 1.36 bits per heavy atom. The zero-order valence-corrected chi connectivity index (χ0v) is 15.8. The Hall–Kier alpha value is -3.42. The van der Waals surface area contributed by atoms with Crippen molar-refractivity contribution in [3.63, 3.8) is 0 Å². The molecule has 8 nitrogen and oxygen atoms in total. The first-order chi connectivity index (χ1) is 13.2. The van der Waals surface area contributed by atoms with E-state index in [1.807, 2.05) is 0 Å². The van der Waals surface area contributed by atoms with Gasteiger partial charge in [0.1, 0.15) is 26.4 Å². The van der Waals surface area contributed by atoms with Crippen LogP contribution in [0, 0.1) is 0 Å². The average Bonchev–Trinajstić information content (AvgIpc) is 2.67. The zero-order chi connectivity index (χ0) is 21.1. The lowest BCUT2D eigenvalue weighted by Gasteiger charge is -2.10. The first-order valence-electron chi connectivity index (χ1n) is 8.32. The number of carbonyl (C=O) groups is 4. The van der Waals surface area contributed by atoms with E-state index in [1.54, 1.807) is 12.1 Å². The molecule has 28 heavy (non-hydrogen) atoms. The molecule has 0 unspecified atom stereocenters. The summed E-state index contributed by atoms with van der Waals surface area (Å²) in [6, 6.07) is 5.92. The molecule has 1 aromatic carbocycles. The van der Waals surface area contributed by atoms with Gasteiger partial charge in [0.05, 0.1) is 11.1 Å². The molecule has 150 valence electrons. The maximum Gasteiger partial charge on any atom is 1.00 e. The SMILES string of the molecule is C=C(C)C(=O)OCCOC(=O)c1ccccc1C(=O)OCCOC(=O)C(=C)C.[H+].[H+]. The minimum atomic E-state index is -0.771. The third kappa shape index (κ3) is 7.45. The van der Waals surface area contributed by atoms with Gasteiger partial charge in [-0.15, -0.1) is 0 Å². The highest BCUT2D eigenvalue weighted by Crippen LogP contribution is 2.12. The molecule has 0 saturated carbocycles. The molecule has 0 atom stereocenters. The molecule has 0 heterocycles. The quantitative estimate of drug-likeness (QED) is 0.259. The van der Waals surface area contributed by atoms with Gasteiger partial charge in [0.25, 0.3) is 0 Å². The van der Waals surface area contributed by atoms with Crippen molar-refractivity contribution in [2.45, 2.75) is 13.8 Å². The fourth-order valence-corrected chi connectivity index (χ4v) is 1.78. The van der Waals surface area contributed by atoms with Crippen LogP contribution in [0.1, 0.15) is 37.4 Å². The molecular formula is C20H24O8+2. The Balaban J connectivity index is 0. The molecule has 1 rings (SSSR count). The topological polar surface area (TPSA) is 105 Å². The average molecular weight is 392 g/mol. The van der Waals surface area contributed by atoms with Crippen LogP contribution in [0.5, 0.6) is 0 Å². The zero-order valence-electron chi connectivity index (χ0n) is 17.8. The van der Waals surface area contributed by atoms with Crippen molar-refractivity contribution in [2.24, 2.45) is 0 Å². The summed E-state index contributed by atoms with van der Waals surface area (Å²) in [6.07, 6.45) is 0. The summed E-state index contributed by atoms with van der Waals surface area (Å²) in [6.45, 7) is 9.21. The maximum atomic E-state index is 12.2. The predicted molar refractivity (Wildman–Crippen MR) is 101 cm³/mol. The number of carbonyl (C=O) groups excluding carboxylic acids is 4. The molecule has 1 aromatic rings. The van der Waals surface area contributed by atoms with E-state index < -0.39 is 23.9 Å². The van der Waals surface area contributed by atoms with Gasteiger partial charge in [-0.1, -0.05) is 25.3 Å². The highest BCUT2D eigenvalue weighted by Gasteiger charge is 2.19. The Morgan fingerprint density at radius 2 is 1.04 bits per heavy atom. The number of esters is 4. The predicted octanol–water partition coefficient (Wildman–Crippen LogP) is 2.46. The molecule has 0 aliphatic heterocycles. The Kier molecular flexibility index (Phi) is 9.15. The van der Waals surface area contributed by atoms with Crippen molar-refractivity contribution in [1.29, 1.82) is 0 Å². The largest absolute Gasteiger partial charge is 1.00 e. The van der Waals surface area contributed by atoms with Crippen LogP contribution in [0.2, 0.25) is 0 Å². The summed E-state index contributed by atoms with van der Waals surface area (Å²) in [5.41, 5.74) is 0.456. The molecule has 0 spiro atoms. The fraction of sp³-hybridized carbons (Fsp3) is 0.300. The molecule has 0 radical (unpaired) electrons. The van der Waals surface area contributed by atoms with Crippen molar-refractivity contribution in [1.82, 2.24) is 0 Å². The summed E-state index contributed by atoms with van der Waals surface area (Å²) in [5.74, 6) is -2.72. The molecule has 0 N–H and O–H groups in total. The number of ether oxygens (including phenoxy) is 4. The standard InChI is InChI=1S/C20H22O8/c1-13(2)17(21)25-9-11-27-19(23)15-7-5-6-8-16(15)20(24)28-12-10-26-18(22)14(3)4/h5-8H,1,3,9-12H2,2,4H3/p+2. The van der Waals surface area contributed by atoms with Crippen molar-refractivity contribution in [2.75, 3.05) is 26.4 Å². The van der Waals surface area contributed by atoms with Crippen LogP contribution in [0.4, 0.5) is 0 Å². The van der Waals surface area contributed by atoms with Crippen LogP contribution >= 0.6 is 0 Å². The lowest BCUT2D eigenvalue weighted by atomic mass is 10.1. The highest BCUT2D eigenvalue weighted by atomic mass is 16.6. The summed E-state index contributed by atoms with van der Waals surface area (Å²) < 4.78 is 19.6. The van der Waals surface area contributed by atoms with E-state index in [0.29, 0.717) is 0 Å². The first-order valence-corrected chi connectivity index (χ1v) is 8.32. The lowest BCUT2D eigenvalue weighted by Crippen LogP contribution is -2.18. The van der Waals surface area contributed by atoms with Gasteiger partial charge in [0.15, 0.2) is 0 Å². The number of rotatable bonds is 10. The molecule has 0 saturated heterocycles. The molecular weight excluding hydrogens is 368 g/mol. The summed E-state index contributed by atoms with van der Waals surface area (Å²) >= 11 is 0. The van der Waals surface area contributed by atoms with E-state index in [-0.39, 0.29) is 51.6 Å². The minimum Gasteiger partial charge on any atom is -0.459 e. The van der Waals surface area contributed by atoms with Crippen LogP contribution in [0.15, 0.2) is 48.6 Å². The molecule has 8 heteroatoms. The van der Waals surface area contributed by atoms with E-state index in [9.17, 15) is 19.2 Å². The molecule has 0 amide bonds. The molecule has 0 fully saturated rings. The van der Waals surface area contributed by atoms with Gasteiger partial charge < -0.3 is 18.9 Å². The van der Waals surface area contributed by atoms with Crippen LogP contribution in [-0.4, -0.2) is 50.3 Å². The van der Waals surface area contributed by atoms with E-state index in [1.165, 1.54) is 26.0 Å². The number of hydrogen-bond acceptors (Lipinski definition) is 8. The number of benzene rings is 1. The second-order valence-corrected chi connectivity index (χ2v) is 5.65. The van der Waals surface area contributed by atoms with Crippen molar-refractivity contribution < 1.29 is 41.0 Å². The van der Waals surface area contributed by atoms with Crippen molar-refractivity contribution >= 4 is 23.9 Å². The van der Waals surface area contributed by atoms with Crippen LogP contribution in [-0.2, 0) is 28.5 Å².